The van der Waals surface area contributed by atoms with Crippen molar-refractivity contribution in [2.75, 3.05) is 0 Å². The summed E-state index contributed by atoms with van der Waals surface area (Å²) in [6.07, 6.45) is 0.321. The van der Waals surface area contributed by atoms with Crippen LogP contribution in [0.4, 0.5) is 5.69 Å². The van der Waals surface area contributed by atoms with E-state index in [0.29, 0.717) is 21.5 Å². The zero-order chi connectivity index (χ0) is 9.59. The van der Waals surface area contributed by atoms with Crippen LogP contribution >= 0.6 is 34.5 Å². The zero-order valence-electron chi connectivity index (χ0n) is 6.17. The SMILES string of the molecule is O=C(O)C1=Nc2c(sc(Cl)c2Cl)C1. The minimum absolute atomic E-state index is 0.125. The third-order valence-corrected chi connectivity index (χ3v) is 3.64. The number of hydrogen-bond donors (Lipinski definition) is 1. The molecular formula is C7H3Cl2NO2S. The van der Waals surface area contributed by atoms with Gasteiger partial charge in [0.25, 0.3) is 0 Å². The van der Waals surface area contributed by atoms with E-state index in [9.17, 15) is 4.79 Å². The summed E-state index contributed by atoms with van der Waals surface area (Å²) in [5.41, 5.74) is 0.647. The van der Waals surface area contributed by atoms with Gasteiger partial charge in [0.2, 0.25) is 0 Å². The molecule has 0 saturated carbocycles. The van der Waals surface area contributed by atoms with E-state index >= 15 is 0 Å². The van der Waals surface area contributed by atoms with Crippen LogP contribution in [0, 0.1) is 0 Å². The molecule has 0 fully saturated rings. The Hall–Kier alpha value is -0.580. The van der Waals surface area contributed by atoms with E-state index < -0.39 is 5.97 Å². The van der Waals surface area contributed by atoms with E-state index in [4.69, 9.17) is 28.3 Å². The van der Waals surface area contributed by atoms with E-state index in [-0.39, 0.29) is 5.71 Å². The third kappa shape index (κ3) is 1.35. The number of halogens is 2. The van der Waals surface area contributed by atoms with Crippen LogP contribution in [-0.4, -0.2) is 16.8 Å². The number of aliphatic carboxylic acids is 1. The van der Waals surface area contributed by atoms with E-state index in [1.54, 1.807) is 0 Å². The van der Waals surface area contributed by atoms with Gasteiger partial charge in [0.1, 0.15) is 10.0 Å². The number of aliphatic imine (C=N–C) groups is 1. The van der Waals surface area contributed by atoms with Gasteiger partial charge in [-0.25, -0.2) is 9.79 Å². The van der Waals surface area contributed by atoms with Crippen LogP contribution < -0.4 is 0 Å². The Bertz CT molecular complexity index is 424. The van der Waals surface area contributed by atoms with Crippen LogP contribution in [-0.2, 0) is 11.2 Å². The molecule has 1 N–H and O–H groups in total. The first-order valence-electron chi connectivity index (χ1n) is 3.37. The second kappa shape index (κ2) is 2.97. The molecule has 68 valence electrons. The molecule has 0 aliphatic carbocycles. The lowest BCUT2D eigenvalue weighted by Gasteiger charge is -1.89. The number of carbonyl (C=O) groups is 1. The van der Waals surface area contributed by atoms with Gasteiger partial charge in [0.05, 0.1) is 10.7 Å². The summed E-state index contributed by atoms with van der Waals surface area (Å²) in [6.45, 7) is 0. The Morgan fingerprint density at radius 3 is 2.77 bits per heavy atom. The standard InChI is InChI=1S/C7H3Cl2NO2S/c8-4-5-3(13-6(4)9)1-2(10-5)7(11)12/h1H2,(H,11,12). The van der Waals surface area contributed by atoms with Crippen molar-refractivity contribution in [3.63, 3.8) is 0 Å². The molecule has 1 aromatic rings. The van der Waals surface area contributed by atoms with Crippen molar-refractivity contribution in [1.82, 2.24) is 0 Å². The highest BCUT2D eigenvalue weighted by Gasteiger charge is 2.25. The van der Waals surface area contributed by atoms with Gasteiger partial charge in [-0.05, 0) is 0 Å². The first kappa shape index (κ1) is 8.99. The highest BCUT2D eigenvalue weighted by molar-refractivity contribution is 7.17. The molecule has 6 heteroatoms. The summed E-state index contributed by atoms with van der Waals surface area (Å²) in [4.78, 5) is 15.3. The van der Waals surface area contributed by atoms with Crippen LogP contribution in [0.1, 0.15) is 4.88 Å². The normalized spacial score (nSPS) is 14.2. The molecule has 1 aromatic heterocycles. The Labute approximate surface area is 87.6 Å². The molecule has 0 radical (unpaired) electrons. The number of carboxylic acids is 1. The summed E-state index contributed by atoms with van der Waals surface area (Å²) in [5.74, 6) is -1.00. The highest BCUT2D eigenvalue weighted by atomic mass is 35.5. The van der Waals surface area contributed by atoms with Gasteiger partial charge in [-0.1, -0.05) is 23.2 Å². The summed E-state index contributed by atoms with van der Waals surface area (Å²) < 4.78 is 0.472. The smallest absolute Gasteiger partial charge is 0.350 e. The molecule has 13 heavy (non-hydrogen) atoms. The van der Waals surface area contributed by atoms with Crippen molar-refractivity contribution in [2.24, 2.45) is 4.99 Å². The molecule has 0 spiro atoms. The Morgan fingerprint density at radius 2 is 2.23 bits per heavy atom. The van der Waals surface area contributed by atoms with E-state index in [1.165, 1.54) is 11.3 Å². The Kier molecular flexibility index (Phi) is 2.06. The molecular weight excluding hydrogens is 233 g/mol. The summed E-state index contributed by atoms with van der Waals surface area (Å²) in [5, 5.41) is 9.02. The number of carboxylic acid groups (broad SMARTS) is 1. The largest absolute Gasteiger partial charge is 0.477 e. The maximum atomic E-state index is 10.6. The zero-order valence-corrected chi connectivity index (χ0v) is 8.50. The van der Waals surface area contributed by atoms with Gasteiger partial charge in [0, 0.05) is 11.3 Å². The molecule has 0 saturated heterocycles. The lowest BCUT2D eigenvalue weighted by Crippen LogP contribution is -2.11. The summed E-state index contributed by atoms with van der Waals surface area (Å²) >= 11 is 12.8. The quantitative estimate of drug-likeness (QED) is 0.814. The van der Waals surface area contributed by atoms with Crippen LogP contribution in [0.15, 0.2) is 4.99 Å². The van der Waals surface area contributed by atoms with Crippen molar-refractivity contribution >= 4 is 51.9 Å². The van der Waals surface area contributed by atoms with E-state index in [0.717, 1.165) is 4.88 Å². The Balaban J connectivity index is 2.48. The van der Waals surface area contributed by atoms with Gasteiger partial charge >= 0.3 is 5.97 Å². The van der Waals surface area contributed by atoms with Crippen molar-refractivity contribution in [2.45, 2.75) is 6.42 Å². The fourth-order valence-corrected chi connectivity index (χ4v) is 2.65. The molecule has 2 rings (SSSR count). The summed E-state index contributed by atoms with van der Waals surface area (Å²) in [6, 6.07) is 0. The molecule has 1 aliphatic rings. The van der Waals surface area contributed by atoms with Crippen LogP contribution in [0.25, 0.3) is 0 Å². The number of fused-ring (bicyclic) bond motifs is 1. The van der Waals surface area contributed by atoms with Crippen molar-refractivity contribution in [1.29, 1.82) is 0 Å². The molecule has 3 nitrogen and oxygen atoms in total. The lowest BCUT2D eigenvalue weighted by atomic mass is 10.3. The van der Waals surface area contributed by atoms with Crippen molar-refractivity contribution < 1.29 is 9.90 Å². The predicted octanol–water partition coefficient (Wildman–Crippen LogP) is 2.77. The molecule has 0 aromatic carbocycles. The average Bonchev–Trinajstić information content (AvgIpc) is 2.55. The number of nitrogens with zero attached hydrogens (tertiary/aromatic N) is 1. The monoisotopic (exact) mass is 235 g/mol. The fraction of sp³-hybridized carbons (Fsp3) is 0.143. The number of rotatable bonds is 1. The topological polar surface area (TPSA) is 49.7 Å². The number of thiophene rings is 1. The molecule has 0 amide bonds. The van der Waals surface area contributed by atoms with Crippen LogP contribution in [0.2, 0.25) is 9.36 Å². The van der Waals surface area contributed by atoms with Crippen molar-refractivity contribution in [3.05, 3.63) is 14.2 Å². The fourth-order valence-electron chi connectivity index (χ4n) is 1.10. The first-order chi connectivity index (χ1) is 6.09. The molecule has 2 heterocycles. The van der Waals surface area contributed by atoms with Gasteiger partial charge in [-0.3, -0.25) is 0 Å². The average molecular weight is 236 g/mol. The summed E-state index contributed by atoms with van der Waals surface area (Å²) in [7, 11) is 0. The third-order valence-electron chi connectivity index (χ3n) is 1.68. The number of hydrogen-bond acceptors (Lipinski definition) is 3. The van der Waals surface area contributed by atoms with Crippen molar-refractivity contribution in [3.8, 4) is 0 Å². The predicted molar refractivity (Wildman–Crippen MR) is 52.8 cm³/mol. The van der Waals surface area contributed by atoms with Gasteiger partial charge < -0.3 is 5.11 Å². The molecule has 0 atom stereocenters. The van der Waals surface area contributed by atoms with Crippen LogP contribution in [0.3, 0.4) is 0 Å². The minimum atomic E-state index is -1.00. The second-order valence-electron chi connectivity index (χ2n) is 2.50. The molecule has 0 unspecified atom stereocenters. The lowest BCUT2D eigenvalue weighted by molar-refractivity contribution is -0.129. The highest BCUT2D eigenvalue weighted by Crippen LogP contribution is 2.45. The van der Waals surface area contributed by atoms with E-state index in [2.05, 4.69) is 4.99 Å². The minimum Gasteiger partial charge on any atom is -0.477 e. The van der Waals surface area contributed by atoms with Gasteiger partial charge in [-0.2, -0.15) is 0 Å². The first-order valence-corrected chi connectivity index (χ1v) is 4.94. The maximum absolute atomic E-state index is 10.6. The van der Waals surface area contributed by atoms with Gasteiger partial charge in [-0.15, -0.1) is 11.3 Å². The van der Waals surface area contributed by atoms with Crippen LogP contribution in [0.5, 0.6) is 0 Å². The molecule has 0 bridgehead atoms. The Morgan fingerprint density at radius 1 is 1.54 bits per heavy atom. The van der Waals surface area contributed by atoms with Gasteiger partial charge in [0.15, 0.2) is 0 Å². The molecule has 1 aliphatic heterocycles. The maximum Gasteiger partial charge on any atom is 0.350 e. The van der Waals surface area contributed by atoms with E-state index in [1.807, 2.05) is 0 Å². The second-order valence-corrected chi connectivity index (χ2v) is 4.59.